The maximum absolute atomic E-state index is 12.3. The lowest BCUT2D eigenvalue weighted by Crippen LogP contribution is -1.93. The number of carbonyl (C=O) groups is 1. The first kappa shape index (κ1) is 17.1. The number of carbonyl (C=O) groups excluding carboxylic acids is 1. The summed E-state index contributed by atoms with van der Waals surface area (Å²) in [6.07, 6.45) is 3.41. The fourth-order valence-corrected chi connectivity index (χ4v) is 3.13. The zero-order chi connectivity index (χ0) is 17.5. The van der Waals surface area contributed by atoms with Crippen molar-refractivity contribution in [3.05, 3.63) is 96.1 Å². The summed E-state index contributed by atoms with van der Waals surface area (Å²) in [6, 6.07) is 25.5. The van der Waals surface area contributed by atoms with Crippen molar-refractivity contribution in [3.63, 3.8) is 0 Å². The number of benzene rings is 3. The summed E-state index contributed by atoms with van der Waals surface area (Å²) in [5.41, 5.74) is 1.65. The molecule has 0 radical (unpaired) electrons. The molecule has 124 valence electrons. The number of allylic oxidation sites excluding steroid dienone is 1. The molecule has 3 rings (SSSR count). The molecule has 0 atom stereocenters. The summed E-state index contributed by atoms with van der Waals surface area (Å²) in [7, 11) is 1.63. The van der Waals surface area contributed by atoms with E-state index >= 15 is 0 Å². The van der Waals surface area contributed by atoms with Crippen molar-refractivity contribution < 1.29 is 9.53 Å². The Balaban J connectivity index is 1.64. The minimum atomic E-state index is -0.00733. The Morgan fingerprint density at radius 1 is 0.840 bits per heavy atom. The van der Waals surface area contributed by atoms with Gasteiger partial charge in [0.25, 0.3) is 0 Å². The van der Waals surface area contributed by atoms with Crippen LogP contribution in [0.5, 0.6) is 5.75 Å². The molecule has 0 saturated carbocycles. The Kier molecular flexibility index (Phi) is 5.70. The summed E-state index contributed by atoms with van der Waals surface area (Å²) >= 11 is 1.68. The molecule has 2 nitrogen and oxygen atoms in total. The lowest BCUT2D eigenvalue weighted by atomic mass is 10.1. The van der Waals surface area contributed by atoms with E-state index in [1.54, 1.807) is 24.9 Å². The van der Waals surface area contributed by atoms with Crippen molar-refractivity contribution in [2.45, 2.75) is 9.79 Å². The molecule has 0 amide bonds. The van der Waals surface area contributed by atoms with Crippen molar-refractivity contribution in [1.29, 1.82) is 0 Å². The minimum absolute atomic E-state index is 0.00733. The minimum Gasteiger partial charge on any atom is -0.497 e. The molecule has 0 aliphatic heterocycles. The first-order valence-corrected chi connectivity index (χ1v) is 8.76. The molecule has 0 aromatic heterocycles. The second-order valence-corrected chi connectivity index (χ2v) is 6.56. The number of hydrogen-bond donors (Lipinski definition) is 0. The van der Waals surface area contributed by atoms with Crippen LogP contribution in [-0.2, 0) is 0 Å². The highest BCUT2D eigenvalue weighted by atomic mass is 32.2. The number of hydrogen-bond acceptors (Lipinski definition) is 3. The van der Waals surface area contributed by atoms with E-state index in [2.05, 4.69) is 12.1 Å². The third kappa shape index (κ3) is 4.85. The van der Waals surface area contributed by atoms with E-state index in [-0.39, 0.29) is 5.78 Å². The normalized spacial score (nSPS) is 10.8. The highest BCUT2D eigenvalue weighted by Crippen LogP contribution is 2.27. The number of methoxy groups -OCH3 is 1. The third-order valence-electron chi connectivity index (χ3n) is 3.66. The summed E-state index contributed by atoms with van der Waals surface area (Å²) in [5, 5.41) is 0. The zero-order valence-electron chi connectivity index (χ0n) is 13.9. The second-order valence-electron chi connectivity index (χ2n) is 5.41. The Labute approximate surface area is 152 Å². The maximum Gasteiger partial charge on any atom is 0.185 e. The fourth-order valence-electron chi connectivity index (χ4n) is 2.30. The molecule has 0 unspecified atom stereocenters. The quantitative estimate of drug-likeness (QED) is 0.420. The van der Waals surface area contributed by atoms with Crippen LogP contribution >= 0.6 is 11.8 Å². The van der Waals surface area contributed by atoms with Crippen molar-refractivity contribution >= 4 is 23.6 Å². The van der Waals surface area contributed by atoms with Crippen LogP contribution < -0.4 is 4.74 Å². The average Bonchev–Trinajstić information content (AvgIpc) is 2.68. The Morgan fingerprint density at radius 2 is 1.48 bits per heavy atom. The second kappa shape index (κ2) is 8.36. The predicted molar refractivity (Wildman–Crippen MR) is 103 cm³/mol. The monoisotopic (exact) mass is 346 g/mol. The molecule has 0 N–H and O–H groups in total. The maximum atomic E-state index is 12.3. The van der Waals surface area contributed by atoms with Crippen LogP contribution in [0.2, 0.25) is 0 Å². The third-order valence-corrected chi connectivity index (χ3v) is 4.68. The van der Waals surface area contributed by atoms with Crippen LogP contribution in [-0.4, -0.2) is 12.9 Å². The highest BCUT2D eigenvalue weighted by molar-refractivity contribution is 7.99. The molecule has 0 bridgehead atoms. The van der Waals surface area contributed by atoms with E-state index in [4.69, 9.17) is 4.74 Å². The van der Waals surface area contributed by atoms with Crippen LogP contribution in [0.4, 0.5) is 0 Å². The van der Waals surface area contributed by atoms with Gasteiger partial charge in [-0.15, -0.1) is 0 Å². The van der Waals surface area contributed by atoms with E-state index in [1.807, 2.05) is 72.8 Å². The standard InChI is InChI=1S/C22H18O2S/c1-24-19-12-7-17(8-13-19)9-16-22(23)18-10-14-21(15-11-18)25-20-5-3-2-4-6-20/h2-16H,1H3. The van der Waals surface area contributed by atoms with Gasteiger partial charge >= 0.3 is 0 Å². The predicted octanol–water partition coefficient (Wildman–Crippen LogP) is 5.74. The summed E-state index contributed by atoms with van der Waals surface area (Å²) in [5.74, 6) is 0.794. The van der Waals surface area contributed by atoms with Crippen LogP contribution in [0.15, 0.2) is 94.7 Å². The van der Waals surface area contributed by atoms with Gasteiger partial charge in [0.2, 0.25) is 0 Å². The molecular formula is C22H18O2S. The highest BCUT2D eigenvalue weighted by Gasteiger charge is 2.03. The van der Waals surface area contributed by atoms with E-state index in [1.165, 1.54) is 4.90 Å². The molecule has 0 fully saturated rings. The largest absolute Gasteiger partial charge is 0.497 e. The lowest BCUT2D eigenvalue weighted by molar-refractivity contribution is 0.104. The van der Waals surface area contributed by atoms with Crippen LogP contribution in [0.3, 0.4) is 0 Å². The summed E-state index contributed by atoms with van der Waals surface area (Å²) < 4.78 is 5.12. The zero-order valence-corrected chi connectivity index (χ0v) is 14.7. The Bertz CT molecular complexity index is 851. The van der Waals surface area contributed by atoms with Gasteiger partial charge in [-0.05, 0) is 60.2 Å². The van der Waals surface area contributed by atoms with E-state index < -0.39 is 0 Å². The molecule has 0 aliphatic rings. The van der Waals surface area contributed by atoms with Gasteiger partial charge in [-0.3, -0.25) is 4.79 Å². The van der Waals surface area contributed by atoms with Gasteiger partial charge < -0.3 is 4.74 Å². The van der Waals surface area contributed by atoms with E-state index in [0.29, 0.717) is 5.56 Å². The first-order valence-electron chi connectivity index (χ1n) is 7.94. The van der Waals surface area contributed by atoms with Crippen LogP contribution in [0, 0.1) is 0 Å². The van der Waals surface area contributed by atoms with Gasteiger partial charge in [-0.25, -0.2) is 0 Å². The summed E-state index contributed by atoms with van der Waals surface area (Å²) in [6.45, 7) is 0. The van der Waals surface area contributed by atoms with Gasteiger partial charge in [0.05, 0.1) is 7.11 Å². The lowest BCUT2D eigenvalue weighted by Gasteiger charge is -2.02. The van der Waals surface area contributed by atoms with Gasteiger partial charge in [0.15, 0.2) is 5.78 Å². The van der Waals surface area contributed by atoms with Gasteiger partial charge in [-0.2, -0.15) is 0 Å². The number of ether oxygens (including phenoxy) is 1. The first-order chi connectivity index (χ1) is 12.2. The van der Waals surface area contributed by atoms with E-state index in [9.17, 15) is 4.79 Å². The molecule has 0 aliphatic carbocycles. The van der Waals surface area contributed by atoms with E-state index in [0.717, 1.165) is 16.2 Å². The van der Waals surface area contributed by atoms with Crippen LogP contribution in [0.25, 0.3) is 6.08 Å². The molecule has 0 saturated heterocycles. The Morgan fingerprint density at radius 3 is 2.12 bits per heavy atom. The topological polar surface area (TPSA) is 26.3 Å². The number of ketones is 1. The molecule has 25 heavy (non-hydrogen) atoms. The molecule has 3 aromatic rings. The number of rotatable bonds is 6. The average molecular weight is 346 g/mol. The molecule has 0 heterocycles. The Hall–Kier alpha value is -2.78. The SMILES string of the molecule is COc1ccc(C=CC(=O)c2ccc(Sc3ccccc3)cc2)cc1. The van der Waals surface area contributed by atoms with Crippen molar-refractivity contribution in [3.8, 4) is 5.75 Å². The molecular weight excluding hydrogens is 328 g/mol. The summed E-state index contributed by atoms with van der Waals surface area (Å²) in [4.78, 5) is 14.6. The molecule has 3 aromatic carbocycles. The van der Waals surface area contributed by atoms with Crippen molar-refractivity contribution in [1.82, 2.24) is 0 Å². The molecule has 0 spiro atoms. The fraction of sp³-hybridized carbons (Fsp3) is 0.0455. The van der Waals surface area contributed by atoms with Crippen LogP contribution in [0.1, 0.15) is 15.9 Å². The van der Waals surface area contributed by atoms with Crippen molar-refractivity contribution in [2.24, 2.45) is 0 Å². The van der Waals surface area contributed by atoms with Gasteiger partial charge in [-0.1, -0.05) is 48.2 Å². The van der Waals surface area contributed by atoms with Crippen molar-refractivity contribution in [2.75, 3.05) is 7.11 Å². The smallest absolute Gasteiger partial charge is 0.185 e. The van der Waals surface area contributed by atoms with Gasteiger partial charge in [0.1, 0.15) is 5.75 Å². The molecule has 3 heteroatoms. The van der Waals surface area contributed by atoms with Gasteiger partial charge in [0, 0.05) is 15.4 Å².